The molecule has 2 heterocycles. The lowest BCUT2D eigenvalue weighted by Gasteiger charge is -2.32. The molecule has 0 bridgehead atoms. The van der Waals surface area contributed by atoms with Gasteiger partial charge in [-0.25, -0.2) is 9.69 Å². The van der Waals surface area contributed by atoms with Crippen LogP contribution in [-0.2, 0) is 14.3 Å². The van der Waals surface area contributed by atoms with Crippen molar-refractivity contribution in [2.75, 3.05) is 31.4 Å². The minimum Gasteiger partial charge on any atom is -0.375 e. The van der Waals surface area contributed by atoms with Crippen LogP contribution in [0.4, 0.5) is 10.5 Å². The first-order valence-electron chi connectivity index (χ1n) is 8.12. The Morgan fingerprint density at radius 3 is 2.92 bits per heavy atom. The normalized spacial score (nSPS) is 23.0. The van der Waals surface area contributed by atoms with E-state index in [9.17, 15) is 14.4 Å². The summed E-state index contributed by atoms with van der Waals surface area (Å²) in [6.45, 7) is 0.442. The molecule has 2 aliphatic rings. The second kappa shape index (κ2) is 7.45. The van der Waals surface area contributed by atoms with Gasteiger partial charge < -0.3 is 15.0 Å². The number of piperidine rings is 1. The van der Waals surface area contributed by atoms with Crippen LogP contribution in [0.25, 0.3) is 0 Å². The Morgan fingerprint density at radius 1 is 1.40 bits per heavy atom. The molecule has 1 N–H and O–H groups in total. The van der Waals surface area contributed by atoms with Gasteiger partial charge in [0.25, 0.3) is 5.91 Å². The van der Waals surface area contributed by atoms with E-state index >= 15 is 0 Å². The molecule has 1 aromatic carbocycles. The van der Waals surface area contributed by atoms with Crippen molar-refractivity contribution >= 4 is 35.3 Å². The molecule has 0 radical (unpaired) electrons. The van der Waals surface area contributed by atoms with Crippen LogP contribution in [0.15, 0.2) is 29.2 Å². The number of fused-ring (bicyclic) bond motifs is 1. The highest BCUT2D eigenvalue weighted by molar-refractivity contribution is 7.98. The van der Waals surface area contributed by atoms with E-state index in [1.54, 1.807) is 22.7 Å². The van der Waals surface area contributed by atoms with E-state index in [1.165, 1.54) is 12.0 Å². The average Bonchev–Trinajstić information content (AvgIpc) is 2.86. The topological polar surface area (TPSA) is 79.0 Å². The zero-order valence-corrected chi connectivity index (χ0v) is 15.0. The van der Waals surface area contributed by atoms with Gasteiger partial charge in [0.15, 0.2) is 0 Å². The third kappa shape index (κ3) is 3.50. The van der Waals surface area contributed by atoms with Gasteiger partial charge in [0, 0.05) is 24.6 Å². The SMILES string of the molecule is COCC(=O)N[C@H]1CCN2C(=O)N(c3cccc(SC)c3)C(=O)[C@@H]2C1. The van der Waals surface area contributed by atoms with E-state index < -0.39 is 6.04 Å². The molecule has 3 rings (SSSR count). The molecular formula is C17H21N3O4S. The first-order chi connectivity index (χ1) is 12.0. The zero-order chi connectivity index (χ0) is 18.0. The number of anilines is 1. The Balaban J connectivity index is 1.75. The minimum absolute atomic E-state index is 0.00857. The fourth-order valence-corrected chi connectivity index (χ4v) is 3.77. The summed E-state index contributed by atoms with van der Waals surface area (Å²) in [7, 11) is 1.46. The number of amides is 4. The van der Waals surface area contributed by atoms with Crippen molar-refractivity contribution in [1.82, 2.24) is 10.2 Å². The molecule has 0 saturated carbocycles. The zero-order valence-electron chi connectivity index (χ0n) is 14.2. The predicted molar refractivity (Wildman–Crippen MR) is 94.6 cm³/mol. The first-order valence-corrected chi connectivity index (χ1v) is 9.34. The Morgan fingerprint density at radius 2 is 2.20 bits per heavy atom. The number of ether oxygens (including phenoxy) is 1. The van der Waals surface area contributed by atoms with Gasteiger partial charge in [0.1, 0.15) is 12.6 Å². The summed E-state index contributed by atoms with van der Waals surface area (Å²) in [4.78, 5) is 41.1. The van der Waals surface area contributed by atoms with E-state index in [-0.39, 0.29) is 30.5 Å². The smallest absolute Gasteiger partial charge is 0.332 e. The molecule has 2 fully saturated rings. The highest BCUT2D eigenvalue weighted by atomic mass is 32.2. The van der Waals surface area contributed by atoms with Gasteiger partial charge in [-0.3, -0.25) is 9.59 Å². The highest BCUT2D eigenvalue weighted by Gasteiger charge is 2.48. The molecule has 0 aromatic heterocycles. The molecule has 7 nitrogen and oxygen atoms in total. The van der Waals surface area contributed by atoms with Gasteiger partial charge in [0.05, 0.1) is 5.69 Å². The fourth-order valence-electron chi connectivity index (χ4n) is 3.32. The summed E-state index contributed by atoms with van der Waals surface area (Å²) in [5.41, 5.74) is 0.594. The minimum atomic E-state index is -0.521. The van der Waals surface area contributed by atoms with Crippen molar-refractivity contribution in [3.05, 3.63) is 24.3 Å². The maximum atomic E-state index is 12.8. The number of benzene rings is 1. The highest BCUT2D eigenvalue weighted by Crippen LogP contribution is 2.32. The van der Waals surface area contributed by atoms with Crippen LogP contribution in [0, 0.1) is 0 Å². The maximum absolute atomic E-state index is 12.8. The maximum Gasteiger partial charge on any atom is 0.332 e. The number of thioether (sulfide) groups is 1. The van der Waals surface area contributed by atoms with E-state index in [1.807, 2.05) is 24.5 Å². The lowest BCUT2D eigenvalue weighted by Crippen LogP contribution is -2.50. The fraction of sp³-hybridized carbons (Fsp3) is 0.471. The van der Waals surface area contributed by atoms with Crippen LogP contribution >= 0.6 is 11.8 Å². The second-order valence-corrected chi connectivity index (χ2v) is 6.97. The summed E-state index contributed by atoms with van der Waals surface area (Å²) in [6.07, 6.45) is 3.01. The lowest BCUT2D eigenvalue weighted by molar-refractivity contribution is -0.127. The van der Waals surface area contributed by atoms with Crippen molar-refractivity contribution in [3.63, 3.8) is 0 Å². The number of carbonyl (C=O) groups is 3. The van der Waals surface area contributed by atoms with E-state index in [2.05, 4.69) is 5.32 Å². The summed E-state index contributed by atoms with van der Waals surface area (Å²) in [6, 6.07) is 6.46. The molecule has 8 heteroatoms. The predicted octanol–water partition coefficient (Wildman–Crippen LogP) is 1.47. The van der Waals surface area contributed by atoms with Crippen LogP contribution in [-0.4, -0.2) is 61.3 Å². The molecule has 0 unspecified atom stereocenters. The Hall–Kier alpha value is -2.06. The number of hydrogen-bond acceptors (Lipinski definition) is 5. The van der Waals surface area contributed by atoms with Crippen LogP contribution in [0.1, 0.15) is 12.8 Å². The summed E-state index contributed by atoms with van der Waals surface area (Å²) >= 11 is 1.56. The summed E-state index contributed by atoms with van der Waals surface area (Å²) in [5, 5.41) is 2.86. The van der Waals surface area contributed by atoms with E-state index in [0.717, 1.165) is 4.90 Å². The molecule has 2 aliphatic heterocycles. The Bertz CT molecular complexity index is 696. The first kappa shape index (κ1) is 17.8. The third-order valence-electron chi connectivity index (χ3n) is 4.50. The number of nitrogens with zero attached hydrogens (tertiary/aromatic N) is 2. The number of hydrogen-bond donors (Lipinski definition) is 1. The Labute approximate surface area is 150 Å². The number of urea groups is 1. The van der Waals surface area contributed by atoms with Gasteiger partial charge in [0.2, 0.25) is 5.91 Å². The Kier molecular flexibility index (Phi) is 5.29. The molecule has 0 aliphatic carbocycles. The number of imide groups is 1. The number of nitrogens with one attached hydrogen (secondary N) is 1. The standard InChI is InChI=1S/C17H21N3O4S/c1-24-10-15(21)18-11-6-7-19-14(8-11)16(22)20(17(19)23)12-4-3-5-13(9-12)25-2/h3-5,9,11,14H,6-8,10H2,1-2H3,(H,18,21)/t11-,14-/m0/s1. The summed E-state index contributed by atoms with van der Waals surface area (Å²) < 4.78 is 4.81. The van der Waals surface area contributed by atoms with Crippen LogP contribution in [0.2, 0.25) is 0 Å². The molecule has 134 valence electrons. The second-order valence-electron chi connectivity index (χ2n) is 6.09. The van der Waals surface area contributed by atoms with Gasteiger partial charge in [-0.2, -0.15) is 0 Å². The quantitative estimate of drug-likeness (QED) is 0.633. The van der Waals surface area contributed by atoms with Gasteiger partial charge >= 0.3 is 6.03 Å². The van der Waals surface area contributed by atoms with Gasteiger partial charge in [-0.05, 0) is 37.3 Å². The average molecular weight is 363 g/mol. The number of methoxy groups -OCH3 is 1. The van der Waals surface area contributed by atoms with Crippen molar-refractivity contribution in [3.8, 4) is 0 Å². The van der Waals surface area contributed by atoms with Crippen LogP contribution < -0.4 is 10.2 Å². The number of rotatable bonds is 5. The molecule has 2 atom stereocenters. The largest absolute Gasteiger partial charge is 0.375 e. The van der Waals surface area contributed by atoms with Gasteiger partial charge in [-0.1, -0.05) is 6.07 Å². The van der Waals surface area contributed by atoms with Crippen LogP contribution in [0.3, 0.4) is 0 Å². The molecule has 25 heavy (non-hydrogen) atoms. The van der Waals surface area contributed by atoms with Crippen molar-refractivity contribution < 1.29 is 19.1 Å². The lowest BCUT2D eigenvalue weighted by atomic mass is 9.98. The number of carbonyl (C=O) groups excluding carboxylic acids is 3. The van der Waals surface area contributed by atoms with E-state index in [0.29, 0.717) is 25.1 Å². The third-order valence-corrected chi connectivity index (χ3v) is 5.22. The van der Waals surface area contributed by atoms with Crippen molar-refractivity contribution in [1.29, 1.82) is 0 Å². The van der Waals surface area contributed by atoms with Gasteiger partial charge in [-0.15, -0.1) is 11.8 Å². The van der Waals surface area contributed by atoms with Crippen molar-refractivity contribution in [2.45, 2.75) is 29.8 Å². The molecule has 2 saturated heterocycles. The molecule has 1 aromatic rings. The van der Waals surface area contributed by atoms with Crippen LogP contribution in [0.5, 0.6) is 0 Å². The molecule has 0 spiro atoms. The van der Waals surface area contributed by atoms with Crippen molar-refractivity contribution in [2.24, 2.45) is 0 Å². The van der Waals surface area contributed by atoms with E-state index in [4.69, 9.17) is 4.74 Å². The monoisotopic (exact) mass is 363 g/mol. The molecule has 4 amide bonds. The summed E-state index contributed by atoms with van der Waals surface area (Å²) in [5.74, 6) is -0.434. The molecular weight excluding hydrogens is 342 g/mol.